The van der Waals surface area contributed by atoms with Crippen LogP contribution < -0.4 is 33.2 Å². The van der Waals surface area contributed by atoms with Crippen molar-refractivity contribution in [1.82, 2.24) is 16.0 Å². The zero-order valence-electron chi connectivity index (χ0n) is 19.2. The number of aliphatic carboxylic acids is 1. The molecule has 0 fully saturated rings. The average molecular weight is 476 g/mol. The number of carboxylic acids is 1. The van der Waals surface area contributed by atoms with Gasteiger partial charge in [-0.05, 0) is 25.7 Å². The van der Waals surface area contributed by atoms with E-state index < -0.39 is 66.5 Å². The molecule has 0 heterocycles. The van der Waals surface area contributed by atoms with E-state index in [0.29, 0.717) is 12.8 Å². The first-order valence-corrected chi connectivity index (χ1v) is 10.6. The number of carbonyl (C=O) groups excluding carboxylic acids is 3. The summed E-state index contributed by atoms with van der Waals surface area (Å²) < 4.78 is 0. The van der Waals surface area contributed by atoms with Crippen LogP contribution in [0.15, 0.2) is 4.99 Å². The van der Waals surface area contributed by atoms with Crippen LogP contribution in [0.2, 0.25) is 0 Å². The van der Waals surface area contributed by atoms with Gasteiger partial charge in [0.05, 0.1) is 12.7 Å². The molecule has 14 heteroatoms. The SMILES string of the molecule is CCC(C)C(NC(=O)C(CCCN=C(N)N)NC(=O)C(N)CO)C(=O)NC(C(=O)O)C(C)O. The molecule has 0 aliphatic carbocycles. The van der Waals surface area contributed by atoms with Crippen LogP contribution in [0.25, 0.3) is 0 Å². The minimum atomic E-state index is -1.57. The van der Waals surface area contributed by atoms with Crippen molar-refractivity contribution >= 4 is 29.7 Å². The van der Waals surface area contributed by atoms with Crippen LogP contribution in [0.3, 0.4) is 0 Å². The van der Waals surface area contributed by atoms with Crippen LogP contribution in [-0.2, 0) is 19.2 Å². The summed E-state index contributed by atoms with van der Waals surface area (Å²) in [5.41, 5.74) is 16.0. The summed E-state index contributed by atoms with van der Waals surface area (Å²) in [7, 11) is 0. The second-order valence-electron chi connectivity index (χ2n) is 7.74. The van der Waals surface area contributed by atoms with Gasteiger partial charge in [0.1, 0.15) is 18.1 Å². The number of hydrogen-bond donors (Lipinski definition) is 9. The number of nitrogens with zero attached hydrogens (tertiary/aromatic N) is 1. The molecule has 0 aromatic carbocycles. The van der Waals surface area contributed by atoms with Crippen molar-refractivity contribution in [3.8, 4) is 0 Å². The molecule has 0 bridgehead atoms. The van der Waals surface area contributed by atoms with Crippen molar-refractivity contribution in [2.75, 3.05) is 13.2 Å². The highest BCUT2D eigenvalue weighted by atomic mass is 16.4. The molecule has 190 valence electrons. The minimum absolute atomic E-state index is 0.0901. The van der Waals surface area contributed by atoms with Gasteiger partial charge in [-0.2, -0.15) is 0 Å². The molecule has 0 aliphatic heterocycles. The minimum Gasteiger partial charge on any atom is -0.480 e. The van der Waals surface area contributed by atoms with Gasteiger partial charge in [0.25, 0.3) is 0 Å². The van der Waals surface area contributed by atoms with E-state index in [1.54, 1.807) is 13.8 Å². The Morgan fingerprint density at radius 1 is 0.970 bits per heavy atom. The topological polar surface area (TPSA) is 255 Å². The molecule has 33 heavy (non-hydrogen) atoms. The fourth-order valence-electron chi connectivity index (χ4n) is 2.72. The second kappa shape index (κ2) is 15.0. The standard InChI is InChI=1S/C19H37N7O7/c1-4-9(2)13(17(31)26-14(10(3)28)18(32)33)25-16(30)12(6-5-7-23-19(21)22)24-15(29)11(20)8-27/h9-14,27-28H,4-8,20H2,1-3H3,(H,24,29)(H,25,30)(H,26,31)(H,32,33)(H4,21,22,23). The molecule has 12 N–H and O–H groups in total. The zero-order chi connectivity index (χ0) is 25.7. The van der Waals surface area contributed by atoms with Crippen molar-refractivity contribution in [1.29, 1.82) is 0 Å². The number of carboxylic acid groups (broad SMARTS) is 1. The molecule has 0 aliphatic rings. The van der Waals surface area contributed by atoms with E-state index in [1.165, 1.54) is 6.92 Å². The summed E-state index contributed by atoms with van der Waals surface area (Å²) in [6.45, 7) is 4.20. The van der Waals surface area contributed by atoms with Crippen molar-refractivity contribution < 1.29 is 34.5 Å². The molecule has 6 unspecified atom stereocenters. The number of aliphatic hydroxyl groups is 2. The molecule has 0 radical (unpaired) electrons. The molecule has 0 aromatic rings. The summed E-state index contributed by atoms with van der Waals surface area (Å²) in [5.74, 6) is -4.28. The predicted octanol–water partition coefficient (Wildman–Crippen LogP) is -3.67. The normalized spacial score (nSPS) is 16.3. The third kappa shape index (κ3) is 10.9. The number of nitrogens with one attached hydrogen (secondary N) is 3. The number of guanidine groups is 1. The van der Waals surface area contributed by atoms with Crippen LogP contribution in [-0.4, -0.2) is 88.4 Å². The van der Waals surface area contributed by atoms with Crippen LogP contribution in [0.4, 0.5) is 0 Å². The van der Waals surface area contributed by atoms with Gasteiger partial charge in [-0.25, -0.2) is 4.79 Å². The van der Waals surface area contributed by atoms with Gasteiger partial charge >= 0.3 is 5.97 Å². The van der Waals surface area contributed by atoms with Gasteiger partial charge in [0.2, 0.25) is 17.7 Å². The Morgan fingerprint density at radius 2 is 1.55 bits per heavy atom. The third-order valence-electron chi connectivity index (χ3n) is 4.95. The molecule has 0 saturated heterocycles. The molecular formula is C19H37N7O7. The van der Waals surface area contributed by atoms with E-state index in [-0.39, 0.29) is 18.9 Å². The zero-order valence-corrected chi connectivity index (χ0v) is 19.2. The van der Waals surface area contributed by atoms with Gasteiger partial charge in [0, 0.05) is 6.54 Å². The molecule has 0 rings (SSSR count). The Hall–Kier alpha value is -2.97. The number of amides is 3. The van der Waals surface area contributed by atoms with Gasteiger partial charge < -0.3 is 48.5 Å². The predicted molar refractivity (Wildman–Crippen MR) is 120 cm³/mol. The molecular weight excluding hydrogens is 438 g/mol. The highest BCUT2D eigenvalue weighted by Gasteiger charge is 2.33. The van der Waals surface area contributed by atoms with Crippen LogP contribution >= 0.6 is 0 Å². The van der Waals surface area contributed by atoms with Crippen molar-refractivity contribution in [3.05, 3.63) is 0 Å². The fraction of sp³-hybridized carbons (Fsp3) is 0.737. The third-order valence-corrected chi connectivity index (χ3v) is 4.95. The average Bonchev–Trinajstić information content (AvgIpc) is 2.75. The quantitative estimate of drug-likeness (QED) is 0.0636. The van der Waals surface area contributed by atoms with Gasteiger partial charge in [-0.1, -0.05) is 20.3 Å². The second-order valence-corrected chi connectivity index (χ2v) is 7.74. The van der Waals surface area contributed by atoms with E-state index in [2.05, 4.69) is 20.9 Å². The van der Waals surface area contributed by atoms with Gasteiger partial charge in [-0.3, -0.25) is 19.4 Å². The number of aliphatic imine (C=N–C) groups is 1. The monoisotopic (exact) mass is 475 g/mol. The van der Waals surface area contributed by atoms with Crippen molar-refractivity contribution in [2.24, 2.45) is 28.1 Å². The summed E-state index contributed by atoms with van der Waals surface area (Å²) >= 11 is 0. The molecule has 0 spiro atoms. The molecule has 0 aromatic heterocycles. The molecule has 3 amide bonds. The Balaban J connectivity index is 5.57. The first-order chi connectivity index (χ1) is 15.3. The maximum Gasteiger partial charge on any atom is 0.328 e. The molecule has 0 saturated carbocycles. The van der Waals surface area contributed by atoms with Gasteiger partial charge in [0.15, 0.2) is 12.0 Å². The lowest BCUT2D eigenvalue weighted by atomic mass is 9.97. The number of rotatable bonds is 15. The van der Waals surface area contributed by atoms with Crippen molar-refractivity contribution in [2.45, 2.75) is 70.3 Å². The smallest absolute Gasteiger partial charge is 0.328 e. The highest BCUT2D eigenvalue weighted by Crippen LogP contribution is 2.10. The van der Waals surface area contributed by atoms with Crippen molar-refractivity contribution in [3.63, 3.8) is 0 Å². The van der Waals surface area contributed by atoms with Crippen LogP contribution in [0.1, 0.15) is 40.0 Å². The summed E-state index contributed by atoms with van der Waals surface area (Å²) in [6.07, 6.45) is -0.523. The first-order valence-electron chi connectivity index (χ1n) is 10.6. The molecule has 6 atom stereocenters. The largest absolute Gasteiger partial charge is 0.480 e. The van der Waals surface area contributed by atoms with E-state index in [4.69, 9.17) is 22.3 Å². The summed E-state index contributed by atoms with van der Waals surface area (Å²) in [4.78, 5) is 52.9. The van der Waals surface area contributed by atoms with E-state index in [9.17, 15) is 29.4 Å². The van der Waals surface area contributed by atoms with Crippen LogP contribution in [0, 0.1) is 5.92 Å². The lowest BCUT2D eigenvalue weighted by Crippen LogP contribution is -2.60. The number of nitrogens with two attached hydrogens (primary N) is 3. The number of aliphatic hydroxyl groups excluding tert-OH is 2. The number of carbonyl (C=O) groups is 4. The fourth-order valence-corrected chi connectivity index (χ4v) is 2.72. The maximum absolute atomic E-state index is 12.9. The Labute approximate surface area is 192 Å². The lowest BCUT2D eigenvalue weighted by molar-refractivity contribution is -0.145. The summed E-state index contributed by atoms with van der Waals surface area (Å²) in [6, 6.07) is -5.10. The van der Waals surface area contributed by atoms with Gasteiger partial charge in [-0.15, -0.1) is 0 Å². The Bertz CT molecular complexity index is 698. The van der Waals surface area contributed by atoms with E-state index in [1.807, 2.05) is 0 Å². The summed E-state index contributed by atoms with van der Waals surface area (Å²) in [5, 5.41) is 35.1. The van der Waals surface area contributed by atoms with E-state index in [0.717, 1.165) is 0 Å². The highest BCUT2D eigenvalue weighted by molar-refractivity contribution is 5.94. The lowest BCUT2D eigenvalue weighted by Gasteiger charge is -2.28. The van der Waals surface area contributed by atoms with E-state index >= 15 is 0 Å². The van der Waals surface area contributed by atoms with Crippen LogP contribution in [0.5, 0.6) is 0 Å². The Morgan fingerprint density at radius 3 is 2.00 bits per heavy atom. The Kier molecular flexibility index (Phi) is 13.6. The maximum atomic E-state index is 12.9. The molecule has 14 nitrogen and oxygen atoms in total. The number of hydrogen-bond acceptors (Lipinski definition) is 8. The first kappa shape index (κ1) is 30.0.